The largest absolute Gasteiger partial charge is 0.377 e. The summed E-state index contributed by atoms with van der Waals surface area (Å²) in [6.07, 6.45) is 2.50. The van der Waals surface area contributed by atoms with E-state index in [0.717, 1.165) is 4.90 Å². The summed E-state index contributed by atoms with van der Waals surface area (Å²) in [6, 6.07) is 7.96. The van der Waals surface area contributed by atoms with Crippen LogP contribution in [0.15, 0.2) is 47.4 Å². The molecule has 18 nitrogen and oxygen atoms in total. The van der Waals surface area contributed by atoms with Crippen molar-refractivity contribution in [2.45, 2.75) is 4.90 Å². The Hall–Kier alpha value is -2.47. The Morgan fingerprint density at radius 2 is 0.618 bits per heavy atom. The molecule has 0 aliphatic carbocycles. The second kappa shape index (κ2) is 34.8. The minimum atomic E-state index is -3.77. The van der Waals surface area contributed by atoms with Crippen LogP contribution < -0.4 is 0 Å². The fraction of sp³-hybridized carbons (Fsp3) is 0.722. The van der Waals surface area contributed by atoms with Crippen molar-refractivity contribution >= 4 is 21.9 Å². The molecule has 55 heavy (non-hydrogen) atoms. The van der Waals surface area contributed by atoms with Gasteiger partial charge < -0.3 is 56.8 Å². The molecule has 0 N–H and O–H groups in total. The molecule has 1 heterocycles. The molecule has 316 valence electrons. The zero-order chi connectivity index (χ0) is 39.3. The lowest BCUT2D eigenvalue weighted by Crippen LogP contribution is -2.33. The fourth-order valence-electron chi connectivity index (χ4n) is 4.19. The summed E-state index contributed by atoms with van der Waals surface area (Å²) in [5.41, 5.74) is 0. The van der Waals surface area contributed by atoms with E-state index in [9.17, 15) is 18.0 Å². The van der Waals surface area contributed by atoms with E-state index in [1.165, 1.54) is 24.3 Å². The van der Waals surface area contributed by atoms with Gasteiger partial charge in [0, 0.05) is 12.2 Å². The Morgan fingerprint density at radius 1 is 0.364 bits per heavy atom. The molecule has 19 heteroatoms. The maximum atomic E-state index is 12.0. The Labute approximate surface area is 324 Å². The summed E-state index contributed by atoms with van der Waals surface area (Å²) in [4.78, 5) is 24.1. The van der Waals surface area contributed by atoms with E-state index >= 15 is 0 Å². The molecule has 1 aromatic carbocycles. The monoisotopic (exact) mass is 809 g/mol. The highest BCUT2D eigenvalue weighted by atomic mass is 32.2. The normalized spacial score (nSPS) is 13.1. The first-order valence-corrected chi connectivity index (χ1v) is 19.8. The maximum absolute atomic E-state index is 12.0. The number of carbonyl (C=O) groups excluding carboxylic acids is 2. The van der Waals surface area contributed by atoms with E-state index in [1.54, 1.807) is 18.2 Å². The summed E-state index contributed by atoms with van der Waals surface area (Å²) >= 11 is 0. The van der Waals surface area contributed by atoms with E-state index < -0.39 is 10.1 Å². The average molecular weight is 810 g/mol. The molecule has 0 unspecified atom stereocenters. The number of benzene rings is 1. The predicted molar refractivity (Wildman–Crippen MR) is 195 cm³/mol. The summed E-state index contributed by atoms with van der Waals surface area (Å²) in [6.45, 7) is 10.2. The van der Waals surface area contributed by atoms with Crippen molar-refractivity contribution in [3.63, 3.8) is 0 Å². The summed E-state index contributed by atoms with van der Waals surface area (Å²) in [5.74, 6) is -0.627. The van der Waals surface area contributed by atoms with E-state index in [0.29, 0.717) is 145 Å². The van der Waals surface area contributed by atoms with E-state index in [1.807, 2.05) is 0 Å². The van der Waals surface area contributed by atoms with Crippen LogP contribution in [0.3, 0.4) is 0 Å². The number of hydrogen-bond acceptors (Lipinski definition) is 17. The van der Waals surface area contributed by atoms with Crippen molar-refractivity contribution < 1.29 is 79.0 Å². The molecule has 0 bridgehead atoms. The van der Waals surface area contributed by atoms with Crippen LogP contribution in [0.25, 0.3) is 0 Å². The number of amides is 2. The molecule has 2 amide bonds. The molecule has 0 spiro atoms. The molecule has 0 atom stereocenters. The topological polar surface area (TPSA) is 192 Å². The lowest BCUT2D eigenvalue weighted by molar-refractivity contribution is -0.137. The van der Waals surface area contributed by atoms with Crippen LogP contribution in [0.2, 0.25) is 0 Å². The standard InChI is InChI=1S/C36H59NO17S/c38-35-6-7-36(39)37(35)8-9-42-10-11-43-12-13-44-14-15-45-16-17-46-18-19-47-20-21-48-22-23-49-24-25-50-26-27-51-28-29-52-30-31-53-32-33-54-55(40,41)34-4-2-1-3-5-34/h1-7H,8-33H2. The second-order valence-corrected chi connectivity index (χ2v) is 12.7. The number of ether oxygens (including phenoxy) is 12. The van der Waals surface area contributed by atoms with Crippen LogP contribution in [-0.4, -0.2) is 197 Å². The highest BCUT2D eigenvalue weighted by Crippen LogP contribution is 2.10. The number of carbonyl (C=O) groups is 2. The zero-order valence-corrected chi connectivity index (χ0v) is 32.5. The molecule has 2 rings (SSSR count). The van der Waals surface area contributed by atoms with Gasteiger partial charge in [-0.05, 0) is 12.1 Å². The molecule has 0 radical (unpaired) electrons. The van der Waals surface area contributed by atoms with Crippen LogP contribution in [0, 0.1) is 0 Å². The minimum Gasteiger partial charge on any atom is -0.377 e. The molecule has 0 aromatic heterocycles. The average Bonchev–Trinajstić information content (AvgIpc) is 3.51. The third-order valence-electron chi connectivity index (χ3n) is 6.95. The Balaban J connectivity index is 1.14. The highest BCUT2D eigenvalue weighted by Gasteiger charge is 2.22. The number of hydrogen-bond donors (Lipinski definition) is 0. The number of rotatable bonds is 41. The smallest absolute Gasteiger partial charge is 0.297 e. The van der Waals surface area contributed by atoms with Crippen LogP contribution in [-0.2, 0) is 80.7 Å². The first-order chi connectivity index (χ1) is 27.0. The zero-order valence-electron chi connectivity index (χ0n) is 31.7. The van der Waals surface area contributed by atoms with Gasteiger partial charge in [-0.1, -0.05) is 18.2 Å². The van der Waals surface area contributed by atoms with Gasteiger partial charge in [-0.15, -0.1) is 0 Å². The third kappa shape index (κ3) is 27.7. The van der Waals surface area contributed by atoms with Gasteiger partial charge in [0.2, 0.25) is 0 Å². The van der Waals surface area contributed by atoms with Crippen molar-refractivity contribution in [3.05, 3.63) is 42.5 Å². The van der Waals surface area contributed by atoms with Crippen molar-refractivity contribution in [2.75, 3.05) is 172 Å². The lowest BCUT2D eigenvalue weighted by Gasteiger charge is -2.13. The van der Waals surface area contributed by atoms with Crippen molar-refractivity contribution in [1.82, 2.24) is 4.90 Å². The van der Waals surface area contributed by atoms with Gasteiger partial charge in [0.05, 0.1) is 177 Å². The number of nitrogens with zero attached hydrogens (tertiary/aromatic N) is 1. The van der Waals surface area contributed by atoms with Crippen molar-refractivity contribution in [3.8, 4) is 0 Å². The van der Waals surface area contributed by atoms with Gasteiger partial charge in [0.15, 0.2) is 0 Å². The Morgan fingerprint density at radius 3 is 0.909 bits per heavy atom. The van der Waals surface area contributed by atoms with Gasteiger partial charge in [-0.3, -0.25) is 18.7 Å². The minimum absolute atomic E-state index is 0.0665. The van der Waals surface area contributed by atoms with Gasteiger partial charge in [0.25, 0.3) is 21.9 Å². The van der Waals surface area contributed by atoms with Crippen LogP contribution >= 0.6 is 0 Å². The summed E-state index contributed by atoms with van der Waals surface area (Å²) in [7, 11) is -3.77. The van der Waals surface area contributed by atoms with Crippen LogP contribution in [0.5, 0.6) is 0 Å². The molecule has 1 aromatic rings. The Bertz CT molecular complexity index is 1190. The number of imide groups is 1. The van der Waals surface area contributed by atoms with Gasteiger partial charge in [0.1, 0.15) is 0 Å². The quantitative estimate of drug-likeness (QED) is 0.0505. The maximum Gasteiger partial charge on any atom is 0.297 e. The third-order valence-corrected chi connectivity index (χ3v) is 8.28. The van der Waals surface area contributed by atoms with Crippen molar-refractivity contribution in [1.29, 1.82) is 0 Å². The van der Waals surface area contributed by atoms with Crippen LogP contribution in [0.4, 0.5) is 0 Å². The van der Waals surface area contributed by atoms with Gasteiger partial charge in [-0.2, -0.15) is 8.42 Å². The summed E-state index contributed by atoms with van der Waals surface area (Å²) < 4.78 is 94.1. The molecule has 1 aliphatic heterocycles. The van der Waals surface area contributed by atoms with E-state index in [-0.39, 0.29) is 43.1 Å². The fourth-order valence-corrected chi connectivity index (χ4v) is 5.10. The van der Waals surface area contributed by atoms with Gasteiger partial charge >= 0.3 is 0 Å². The molecule has 0 fully saturated rings. The second-order valence-electron chi connectivity index (χ2n) is 11.1. The Kier molecular flexibility index (Phi) is 30.8. The molecular weight excluding hydrogens is 750 g/mol. The molecule has 0 saturated heterocycles. The summed E-state index contributed by atoms with van der Waals surface area (Å²) in [5, 5.41) is 0. The predicted octanol–water partition coefficient (Wildman–Crippen LogP) is 0.516. The lowest BCUT2D eigenvalue weighted by atomic mass is 10.4. The first-order valence-electron chi connectivity index (χ1n) is 18.4. The SMILES string of the molecule is O=C1C=CC(=O)N1CCOCCOCCOCCOCCOCCOCCOCCOCCOCCOCCOCCOCCOS(=O)(=O)c1ccccc1. The molecular formula is C36H59NO17S. The van der Waals surface area contributed by atoms with E-state index in [2.05, 4.69) is 0 Å². The molecule has 1 aliphatic rings. The first kappa shape index (κ1) is 48.7. The highest BCUT2D eigenvalue weighted by molar-refractivity contribution is 7.86. The van der Waals surface area contributed by atoms with Crippen molar-refractivity contribution in [2.24, 2.45) is 0 Å². The van der Waals surface area contributed by atoms with Crippen LogP contribution in [0.1, 0.15) is 0 Å². The van der Waals surface area contributed by atoms with E-state index in [4.69, 9.17) is 61.0 Å². The van der Waals surface area contributed by atoms with Gasteiger partial charge in [-0.25, -0.2) is 0 Å². The molecule has 0 saturated carbocycles.